The summed E-state index contributed by atoms with van der Waals surface area (Å²) in [5, 5.41) is 0. The van der Waals surface area contributed by atoms with Gasteiger partial charge in [-0.15, -0.1) is 0 Å². The molecule has 0 radical (unpaired) electrons. The van der Waals surface area contributed by atoms with Crippen molar-refractivity contribution in [2.45, 2.75) is 32.0 Å². The van der Waals surface area contributed by atoms with E-state index in [1.807, 2.05) is 0 Å². The second-order valence-electron chi connectivity index (χ2n) is 2.62. The minimum atomic E-state index is -4.29. The molecule has 0 aliphatic carbocycles. The molecule has 6 heteroatoms. The molecule has 0 saturated carbocycles. The quantitative estimate of drug-likeness (QED) is 0.563. The predicted molar refractivity (Wildman–Crippen MR) is 47.5 cm³/mol. The van der Waals surface area contributed by atoms with Crippen molar-refractivity contribution in [3.63, 3.8) is 0 Å². The van der Waals surface area contributed by atoms with E-state index in [1.165, 1.54) is 0 Å². The average Bonchev–Trinajstić information content (AvgIpc) is 1.95. The first-order valence-electron chi connectivity index (χ1n) is 3.80. The number of hydrogen-bond donors (Lipinski definition) is 1. The molecule has 0 aromatic rings. The molecule has 0 saturated heterocycles. The van der Waals surface area contributed by atoms with Crippen LogP contribution in [0.15, 0.2) is 0 Å². The highest BCUT2D eigenvalue weighted by Gasteiger charge is 2.36. The Morgan fingerprint density at radius 1 is 1.54 bits per heavy atom. The Bertz CT molecular complexity index is 172. The van der Waals surface area contributed by atoms with Crippen LogP contribution >= 0.6 is 12.2 Å². The minimum Gasteiger partial charge on any atom is -0.393 e. The second kappa shape index (κ2) is 5.39. The number of nitrogens with two attached hydrogens (primary N) is 1. The van der Waals surface area contributed by atoms with Crippen LogP contribution in [0.2, 0.25) is 0 Å². The van der Waals surface area contributed by atoms with Gasteiger partial charge in [-0.2, -0.15) is 13.2 Å². The zero-order valence-corrected chi connectivity index (χ0v) is 8.04. The summed E-state index contributed by atoms with van der Waals surface area (Å²) in [6.45, 7) is 0.999. The number of ether oxygens (including phenoxy) is 1. The van der Waals surface area contributed by atoms with E-state index in [1.54, 1.807) is 0 Å². The summed E-state index contributed by atoms with van der Waals surface area (Å²) in [5.41, 5.74) is 5.15. The van der Waals surface area contributed by atoms with Crippen LogP contribution in [-0.2, 0) is 4.74 Å². The van der Waals surface area contributed by atoms with Crippen LogP contribution in [0.1, 0.15) is 19.8 Å². The maximum absolute atomic E-state index is 11.9. The van der Waals surface area contributed by atoms with E-state index in [2.05, 4.69) is 17.0 Å². The van der Waals surface area contributed by atoms with E-state index in [-0.39, 0.29) is 6.61 Å². The highest BCUT2D eigenvalue weighted by atomic mass is 32.1. The smallest absolute Gasteiger partial charge is 0.393 e. The van der Waals surface area contributed by atoms with Gasteiger partial charge in [-0.25, -0.2) is 0 Å². The van der Waals surface area contributed by atoms with Gasteiger partial charge in [-0.3, -0.25) is 0 Å². The third-order valence-corrected chi connectivity index (χ3v) is 1.60. The molecule has 78 valence electrons. The lowest BCUT2D eigenvalue weighted by Crippen LogP contribution is -2.29. The standard InChI is InChI=1S/C7H12F3NOS/c1-5(7(8,9)10)12-4-2-3-6(11)13/h5H,2-4H2,1H3,(H2,11,13). The van der Waals surface area contributed by atoms with E-state index in [9.17, 15) is 13.2 Å². The largest absolute Gasteiger partial charge is 0.414 e. The molecule has 13 heavy (non-hydrogen) atoms. The SMILES string of the molecule is CC(OCCCC(N)=S)C(F)(F)F. The molecule has 0 aliphatic rings. The van der Waals surface area contributed by atoms with Crippen molar-refractivity contribution in [1.82, 2.24) is 0 Å². The van der Waals surface area contributed by atoms with Gasteiger partial charge in [-0.05, 0) is 19.8 Å². The van der Waals surface area contributed by atoms with Gasteiger partial charge in [0.1, 0.15) is 0 Å². The summed E-state index contributed by atoms with van der Waals surface area (Å²) < 4.78 is 40.1. The summed E-state index contributed by atoms with van der Waals surface area (Å²) in [5.74, 6) is 0. The van der Waals surface area contributed by atoms with Gasteiger partial charge in [-0.1, -0.05) is 12.2 Å². The van der Waals surface area contributed by atoms with Gasteiger partial charge in [0.15, 0.2) is 6.10 Å². The highest BCUT2D eigenvalue weighted by Crippen LogP contribution is 2.22. The predicted octanol–water partition coefficient (Wildman–Crippen LogP) is 2.02. The fraction of sp³-hybridized carbons (Fsp3) is 0.857. The van der Waals surface area contributed by atoms with Crippen molar-refractivity contribution >= 4 is 17.2 Å². The Kier molecular flexibility index (Phi) is 5.24. The second-order valence-corrected chi connectivity index (χ2v) is 3.15. The molecule has 0 aromatic carbocycles. The molecular weight excluding hydrogens is 203 g/mol. The molecule has 0 bridgehead atoms. The Labute approximate surface area is 80.2 Å². The zero-order chi connectivity index (χ0) is 10.5. The van der Waals surface area contributed by atoms with Crippen molar-refractivity contribution in [1.29, 1.82) is 0 Å². The lowest BCUT2D eigenvalue weighted by molar-refractivity contribution is -0.214. The summed E-state index contributed by atoms with van der Waals surface area (Å²) in [7, 11) is 0. The van der Waals surface area contributed by atoms with Crippen LogP contribution in [0.5, 0.6) is 0 Å². The number of alkyl halides is 3. The van der Waals surface area contributed by atoms with Crippen LogP contribution in [0.25, 0.3) is 0 Å². The zero-order valence-electron chi connectivity index (χ0n) is 7.23. The molecule has 0 aromatic heterocycles. The maximum Gasteiger partial charge on any atom is 0.414 e. The molecular formula is C7H12F3NOS. The first kappa shape index (κ1) is 12.6. The van der Waals surface area contributed by atoms with E-state index in [0.717, 1.165) is 6.92 Å². The fourth-order valence-corrected chi connectivity index (χ4v) is 0.745. The average molecular weight is 215 g/mol. The Morgan fingerprint density at radius 2 is 2.08 bits per heavy atom. The molecule has 0 fully saturated rings. The van der Waals surface area contributed by atoms with Crippen LogP contribution in [-0.4, -0.2) is 23.9 Å². The van der Waals surface area contributed by atoms with Crippen molar-refractivity contribution in [3.8, 4) is 0 Å². The van der Waals surface area contributed by atoms with Gasteiger partial charge in [0.2, 0.25) is 0 Å². The van der Waals surface area contributed by atoms with Crippen molar-refractivity contribution in [2.24, 2.45) is 5.73 Å². The van der Waals surface area contributed by atoms with E-state index in [4.69, 9.17) is 5.73 Å². The van der Waals surface area contributed by atoms with Gasteiger partial charge in [0.25, 0.3) is 0 Å². The van der Waals surface area contributed by atoms with Gasteiger partial charge in [0.05, 0.1) is 4.99 Å². The summed E-state index contributed by atoms with van der Waals surface area (Å²) in [6.07, 6.45) is -5.17. The van der Waals surface area contributed by atoms with Crippen LogP contribution in [0, 0.1) is 0 Å². The van der Waals surface area contributed by atoms with Gasteiger partial charge in [0, 0.05) is 6.61 Å². The van der Waals surface area contributed by atoms with Gasteiger partial charge >= 0.3 is 6.18 Å². The van der Waals surface area contributed by atoms with Crippen LogP contribution in [0.4, 0.5) is 13.2 Å². The molecule has 0 amide bonds. The van der Waals surface area contributed by atoms with Crippen LogP contribution < -0.4 is 5.73 Å². The van der Waals surface area contributed by atoms with Crippen molar-refractivity contribution < 1.29 is 17.9 Å². The van der Waals surface area contributed by atoms with Crippen molar-refractivity contribution in [3.05, 3.63) is 0 Å². The maximum atomic E-state index is 11.9. The third kappa shape index (κ3) is 6.77. The molecule has 0 heterocycles. The lowest BCUT2D eigenvalue weighted by Gasteiger charge is -2.15. The van der Waals surface area contributed by atoms with E-state index in [0.29, 0.717) is 17.8 Å². The molecule has 0 rings (SSSR count). The third-order valence-electron chi connectivity index (χ3n) is 1.40. The molecule has 2 N–H and O–H groups in total. The number of rotatable bonds is 5. The molecule has 0 spiro atoms. The Morgan fingerprint density at radius 3 is 2.46 bits per heavy atom. The normalized spacial score (nSPS) is 14.2. The highest BCUT2D eigenvalue weighted by molar-refractivity contribution is 7.80. The Balaban J connectivity index is 3.49. The number of hydrogen-bond acceptors (Lipinski definition) is 2. The fourth-order valence-electron chi connectivity index (χ4n) is 0.601. The summed E-state index contributed by atoms with van der Waals surface area (Å²) >= 11 is 4.55. The number of thiocarbonyl (C=S) groups is 1. The first-order valence-corrected chi connectivity index (χ1v) is 4.21. The molecule has 1 atom stereocenters. The van der Waals surface area contributed by atoms with Gasteiger partial charge < -0.3 is 10.5 Å². The minimum absolute atomic E-state index is 0.0258. The van der Waals surface area contributed by atoms with E-state index < -0.39 is 12.3 Å². The first-order chi connectivity index (χ1) is 5.84. The monoisotopic (exact) mass is 215 g/mol. The number of halogens is 3. The van der Waals surface area contributed by atoms with Crippen molar-refractivity contribution in [2.75, 3.05) is 6.61 Å². The van der Waals surface area contributed by atoms with E-state index >= 15 is 0 Å². The topological polar surface area (TPSA) is 35.2 Å². The van der Waals surface area contributed by atoms with Crippen LogP contribution in [0.3, 0.4) is 0 Å². The molecule has 2 nitrogen and oxygen atoms in total. The Hall–Kier alpha value is -0.360. The summed E-state index contributed by atoms with van der Waals surface area (Å²) in [6, 6.07) is 0. The lowest BCUT2D eigenvalue weighted by atomic mass is 10.3. The molecule has 1 unspecified atom stereocenters. The summed E-state index contributed by atoms with van der Waals surface area (Å²) in [4.78, 5) is 0.295. The molecule has 0 aliphatic heterocycles.